The molecule has 94 valence electrons. The predicted octanol–water partition coefficient (Wildman–Crippen LogP) is 0.674. The number of aromatic nitrogens is 1. The van der Waals surface area contributed by atoms with Gasteiger partial charge in [0.15, 0.2) is 0 Å². The van der Waals surface area contributed by atoms with Crippen molar-refractivity contribution in [2.24, 2.45) is 5.73 Å². The van der Waals surface area contributed by atoms with Gasteiger partial charge < -0.3 is 15.4 Å². The molecule has 1 aromatic heterocycles. The molecule has 0 saturated carbocycles. The van der Waals surface area contributed by atoms with Crippen molar-refractivity contribution < 1.29 is 4.74 Å². The van der Waals surface area contributed by atoms with Gasteiger partial charge in [0.1, 0.15) is 0 Å². The fourth-order valence-corrected chi connectivity index (χ4v) is 2.23. The Labute approximate surface area is 103 Å². The first-order valence-electron chi connectivity index (χ1n) is 6.12. The second kappa shape index (κ2) is 5.58. The smallest absolute Gasteiger partial charge is 0.0659 e. The molecule has 0 aromatic carbocycles. The molecule has 1 aliphatic heterocycles. The van der Waals surface area contributed by atoms with Crippen LogP contribution in [0.15, 0.2) is 24.5 Å². The predicted molar refractivity (Wildman–Crippen MR) is 67.8 cm³/mol. The average Bonchev–Trinajstić information content (AvgIpc) is 2.74. The Kier molecular flexibility index (Phi) is 4.10. The van der Waals surface area contributed by atoms with E-state index in [1.165, 1.54) is 5.56 Å². The summed E-state index contributed by atoms with van der Waals surface area (Å²) in [5.74, 6) is 0. The van der Waals surface area contributed by atoms with Crippen LogP contribution >= 0.6 is 0 Å². The summed E-state index contributed by atoms with van der Waals surface area (Å²) in [5, 5.41) is 0. The van der Waals surface area contributed by atoms with Crippen LogP contribution in [-0.2, 0) is 11.2 Å². The van der Waals surface area contributed by atoms with E-state index in [-0.39, 0.29) is 5.54 Å². The van der Waals surface area contributed by atoms with Crippen LogP contribution < -0.4 is 5.73 Å². The Hall–Kier alpha value is -0.970. The third kappa shape index (κ3) is 3.77. The minimum absolute atomic E-state index is 0.146. The molecule has 0 bridgehead atoms. The first-order chi connectivity index (χ1) is 8.18. The largest absolute Gasteiger partial charge is 0.379 e. The van der Waals surface area contributed by atoms with E-state index in [4.69, 9.17) is 10.5 Å². The highest BCUT2D eigenvalue weighted by atomic mass is 16.5. The van der Waals surface area contributed by atoms with E-state index >= 15 is 0 Å². The van der Waals surface area contributed by atoms with E-state index in [0.717, 1.165) is 32.5 Å². The van der Waals surface area contributed by atoms with E-state index < -0.39 is 0 Å². The van der Waals surface area contributed by atoms with E-state index in [0.29, 0.717) is 6.61 Å². The molecule has 1 aliphatic rings. The summed E-state index contributed by atoms with van der Waals surface area (Å²) >= 11 is 0. The molecule has 0 amide bonds. The molecule has 4 heteroatoms. The number of pyridine rings is 1. The normalized spacial score (nSPS) is 24.4. The number of nitrogens with two attached hydrogens (primary N) is 1. The Balaban J connectivity index is 1.76. The molecule has 1 atom stereocenters. The van der Waals surface area contributed by atoms with Crippen LogP contribution in [0.25, 0.3) is 0 Å². The summed E-state index contributed by atoms with van der Waals surface area (Å²) in [6, 6.07) is 4.12. The maximum Gasteiger partial charge on any atom is 0.0659 e. The van der Waals surface area contributed by atoms with E-state index in [1.807, 2.05) is 12.4 Å². The van der Waals surface area contributed by atoms with Crippen LogP contribution in [0, 0.1) is 0 Å². The molecule has 1 fully saturated rings. The molecule has 2 heterocycles. The molecular formula is C13H21N3O. The van der Waals surface area contributed by atoms with Crippen molar-refractivity contribution in [1.82, 2.24) is 9.88 Å². The van der Waals surface area contributed by atoms with Gasteiger partial charge in [-0.15, -0.1) is 0 Å². The zero-order chi connectivity index (χ0) is 12.1. The molecule has 0 spiro atoms. The highest BCUT2D eigenvalue weighted by molar-refractivity contribution is 5.09. The molecule has 0 radical (unpaired) electrons. The third-order valence-electron chi connectivity index (χ3n) is 3.25. The zero-order valence-electron chi connectivity index (χ0n) is 10.4. The lowest BCUT2D eigenvalue weighted by Gasteiger charge is -2.28. The van der Waals surface area contributed by atoms with Crippen LogP contribution in [-0.4, -0.2) is 48.8 Å². The van der Waals surface area contributed by atoms with Crippen molar-refractivity contribution in [3.63, 3.8) is 0 Å². The van der Waals surface area contributed by atoms with Crippen LogP contribution in [0.1, 0.15) is 12.0 Å². The Bertz CT molecular complexity index is 336. The van der Waals surface area contributed by atoms with Gasteiger partial charge in [-0.3, -0.25) is 4.98 Å². The quantitative estimate of drug-likeness (QED) is 0.815. The highest BCUT2D eigenvalue weighted by Gasteiger charge is 2.31. The maximum absolute atomic E-state index is 6.25. The lowest BCUT2D eigenvalue weighted by atomic mass is 10.00. The van der Waals surface area contributed by atoms with Crippen LogP contribution in [0.4, 0.5) is 0 Å². The fraction of sp³-hybridized carbons (Fsp3) is 0.615. The number of ether oxygens (including phenoxy) is 1. The molecule has 17 heavy (non-hydrogen) atoms. The molecule has 0 aliphatic carbocycles. The van der Waals surface area contributed by atoms with Gasteiger partial charge in [0, 0.05) is 32.1 Å². The van der Waals surface area contributed by atoms with Gasteiger partial charge in [-0.25, -0.2) is 0 Å². The van der Waals surface area contributed by atoms with Gasteiger partial charge in [-0.1, -0.05) is 0 Å². The molecule has 1 unspecified atom stereocenters. The van der Waals surface area contributed by atoms with Crippen LogP contribution in [0.5, 0.6) is 0 Å². The summed E-state index contributed by atoms with van der Waals surface area (Å²) in [7, 11) is 2.12. The Morgan fingerprint density at radius 3 is 2.88 bits per heavy atom. The van der Waals surface area contributed by atoms with E-state index in [1.54, 1.807) is 0 Å². The molecule has 4 nitrogen and oxygen atoms in total. The highest BCUT2D eigenvalue weighted by Crippen LogP contribution is 2.16. The van der Waals surface area contributed by atoms with Crippen molar-refractivity contribution in [2.45, 2.75) is 18.4 Å². The van der Waals surface area contributed by atoms with Gasteiger partial charge >= 0.3 is 0 Å². The molecule has 2 N–H and O–H groups in total. The minimum Gasteiger partial charge on any atom is -0.379 e. The SMILES string of the molecule is CN(CCc1ccncc1)CC1(N)CCOC1. The van der Waals surface area contributed by atoms with Gasteiger partial charge in [0.25, 0.3) is 0 Å². The van der Waals surface area contributed by atoms with Crippen molar-refractivity contribution in [3.05, 3.63) is 30.1 Å². The van der Waals surface area contributed by atoms with Crippen LogP contribution in [0.3, 0.4) is 0 Å². The Morgan fingerprint density at radius 1 is 1.47 bits per heavy atom. The molecule has 1 aromatic rings. The lowest BCUT2D eigenvalue weighted by molar-refractivity contribution is 0.161. The average molecular weight is 235 g/mol. The maximum atomic E-state index is 6.25. The van der Waals surface area contributed by atoms with Crippen LogP contribution in [0.2, 0.25) is 0 Å². The van der Waals surface area contributed by atoms with Gasteiger partial charge in [0.05, 0.1) is 12.1 Å². The fourth-order valence-electron chi connectivity index (χ4n) is 2.23. The van der Waals surface area contributed by atoms with E-state index in [2.05, 4.69) is 29.1 Å². The minimum atomic E-state index is -0.146. The summed E-state index contributed by atoms with van der Waals surface area (Å²) in [5.41, 5.74) is 7.43. The number of likely N-dealkylation sites (N-methyl/N-ethyl adjacent to an activating group) is 1. The Morgan fingerprint density at radius 2 is 2.24 bits per heavy atom. The van der Waals surface area contributed by atoms with Gasteiger partial charge in [-0.2, -0.15) is 0 Å². The summed E-state index contributed by atoms with van der Waals surface area (Å²) in [4.78, 5) is 6.30. The standard InChI is InChI=1S/C13H21N3O/c1-16(10-13(14)5-9-17-11-13)8-4-12-2-6-15-7-3-12/h2-3,6-7H,4-5,8-11,14H2,1H3. The molecule has 2 rings (SSSR count). The number of hydrogen-bond acceptors (Lipinski definition) is 4. The summed E-state index contributed by atoms with van der Waals surface area (Å²) < 4.78 is 5.36. The first kappa shape index (κ1) is 12.5. The number of rotatable bonds is 5. The lowest BCUT2D eigenvalue weighted by Crippen LogP contribution is -2.50. The van der Waals surface area contributed by atoms with Crippen molar-refractivity contribution >= 4 is 0 Å². The van der Waals surface area contributed by atoms with Gasteiger partial charge in [0.2, 0.25) is 0 Å². The van der Waals surface area contributed by atoms with Crippen molar-refractivity contribution in [2.75, 3.05) is 33.4 Å². The molecule has 1 saturated heterocycles. The van der Waals surface area contributed by atoms with Gasteiger partial charge in [-0.05, 0) is 37.6 Å². The monoisotopic (exact) mass is 235 g/mol. The van der Waals surface area contributed by atoms with Crippen molar-refractivity contribution in [3.8, 4) is 0 Å². The number of nitrogens with zero attached hydrogens (tertiary/aromatic N) is 2. The third-order valence-corrected chi connectivity index (χ3v) is 3.25. The summed E-state index contributed by atoms with van der Waals surface area (Å²) in [6.45, 7) is 3.41. The second-order valence-corrected chi connectivity index (χ2v) is 5.01. The summed E-state index contributed by atoms with van der Waals surface area (Å²) in [6.07, 6.45) is 5.68. The van der Waals surface area contributed by atoms with E-state index in [9.17, 15) is 0 Å². The second-order valence-electron chi connectivity index (χ2n) is 5.01. The van der Waals surface area contributed by atoms with Crippen molar-refractivity contribution in [1.29, 1.82) is 0 Å². The zero-order valence-corrected chi connectivity index (χ0v) is 10.4. The topological polar surface area (TPSA) is 51.4 Å². The number of hydrogen-bond donors (Lipinski definition) is 1. The molecular weight excluding hydrogens is 214 g/mol. The first-order valence-corrected chi connectivity index (χ1v) is 6.12.